The number of carbonyl (C=O) groups excluding carboxylic acids is 2. The molecule has 1 spiro atoms. The zero-order valence-corrected chi connectivity index (χ0v) is 19.1. The minimum atomic E-state index is -0.482. The van der Waals surface area contributed by atoms with Gasteiger partial charge in [0, 0.05) is 40.9 Å². The number of likely N-dealkylation sites (tertiary alicyclic amines) is 1. The number of amides is 1. The quantitative estimate of drug-likeness (QED) is 0.693. The molecule has 1 saturated heterocycles. The van der Waals surface area contributed by atoms with Crippen LogP contribution in [0.15, 0.2) is 24.3 Å². The van der Waals surface area contributed by atoms with E-state index in [1.54, 1.807) is 18.3 Å². The lowest BCUT2D eigenvalue weighted by Gasteiger charge is -2.43. The molecular weight excluding hydrogens is 396 g/mol. The molecule has 0 unspecified atom stereocenters. The van der Waals surface area contributed by atoms with E-state index in [-0.39, 0.29) is 11.7 Å². The molecule has 6 heteroatoms. The highest BCUT2D eigenvalue weighted by Crippen LogP contribution is 2.35. The van der Waals surface area contributed by atoms with Crippen molar-refractivity contribution in [3.05, 3.63) is 50.7 Å². The number of aryl methyl sites for hydroxylation is 3. The van der Waals surface area contributed by atoms with Crippen molar-refractivity contribution in [2.24, 2.45) is 0 Å². The topological polar surface area (TPSA) is 49.9 Å². The zero-order valence-electron chi connectivity index (χ0n) is 18.3. The number of ether oxygens (including phenoxy) is 1. The Morgan fingerprint density at radius 3 is 2.67 bits per heavy atom. The van der Waals surface area contributed by atoms with Gasteiger partial charge in [-0.15, -0.1) is 11.3 Å². The molecule has 2 aliphatic rings. The average molecular weight is 427 g/mol. The third kappa shape index (κ3) is 4.30. The number of hydrogen-bond acceptors (Lipinski definition) is 5. The molecule has 160 valence electrons. The predicted octanol–water partition coefficient (Wildman–Crippen LogP) is 4.13. The molecule has 0 radical (unpaired) electrons. The Morgan fingerprint density at radius 2 is 1.97 bits per heavy atom. The fourth-order valence-corrected chi connectivity index (χ4v) is 5.71. The third-order valence-corrected chi connectivity index (χ3v) is 7.12. The van der Waals surface area contributed by atoms with Crippen LogP contribution in [-0.4, -0.2) is 53.3 Å². The van der Waals surface area contributed by atoms with E-state index in [0.29, 0.717) is 26.2 Å². The van der Waals surface area contributed by atoms with Gasteiger partial charge in [0.15, 0.2) is 5.78 Å². The molecule has 4 rings (SSSR count). The minimum absolute atomic E-state index is 0.0601. The number of Topliss-reactive ketones (excluding diaryl/α,β-unsaturated/α-hetero) is 1. The van der Waals surface area contributed by atoms with Gasteiger partial charge in [0.05, 0.1) is 13.1 Å². The van der Waals surface area contributed by atoms with Crippen molar-refractivity contribution in [3.63, 3.8) is 0 Å². The lowest BCUT2D eigenvalue weighted by molar-refractivity contribution is -0.133. The highest BCUT2D eigenvalue weighted by molar-refractivity contribution is 7.12. The average Bonchev–Trinajstić information content (AvgIpc) is 2.93. The molecule has 2 aromatic rings. The van der Waals surface area contributed by atoms with E-state index in [0.717, 1.165) is 46.7 Å². The minimum Gasteiger partial charge on any atom is -0.484 e. The fraction of sp³-hybridized carbons (Fsp3) is 0.500. The van der Waals surface area contributed by atoms with Gasteiger partial charge in [-0.2, -0.15) is 0 Å². The van der Waals surface area contributed by atoms with Crippen LogP contribution in [0.4, 0.5) is 0 Å². The first kappa shape index (κ1) is 21.1. The molecule has 30 heavy (non-hydrogen) atoms. The smallest absolute Gasteiger partial charge is 0.219 e. The first-order valence-corrected chi connectivity index (χ1v) is 11.4. The lowest BCUT2D eigenvalue weighted by Crippen LogP contribution is -2.58. The zero-order chi connectivity index (χ0) is 21.5. The van der Waals surface area contributed by atoms with Gasteiger partial charge in [-0.25, -0.2) is 0 Å². The first-order valence-electron chi connectivity index (χ1n) is 10.6. The van der Waals surface area contributed by atoms with E-state index in [2.05, 4.69) is 24.0 Å². The second-order valence-electron chi connectivity index (χ2n) is 8.84. The third-order valence-electron chi connectivity index (χ3n) is 6.16. The van der Waals surface area contributed by atoms with Crippen LogP contribution in [0.5, 0.6) is 5.75 Å². The number of carbonyl (C=O) groups is 2. The summed E-state index contributed by atoms with van der Waals surface area (Å²) in [6.45, 7) is 10.8. The summed E-state index contributed by atoms with van der Waals surface area (Å²) in [5.74, 6) is 1.09. The van der Waals surface area contributed by atoms with Crippen LogP contribution in [-0.2, 0) is 11.3 Å². The summed E-state index contributed by atoms with van der Waals surface area (Å²) < 4.78 is 6.62. The number of thiophene rings is 1. The van der Waals surface area contributed by atoms with Gasteiger partial charge in [0.25, 0.3) is 0 Å². The van der Waals surface area contributed by atoms with Crippen LogP contribution < -0.4 is 4.74 Å². The monoisotopic (exact) mass is 426 g/mol. The van der Waals surface area contributed by atoms with Gasteiger partial charge in [0.1, 0.15) is 11.4 Å². The van der Waals surface area contributed by atoms with Crippen molar-refractivity contribution in [3.8, 4) is 5.75 Å². The normalized spacial score (nSPS) is 21.8. The number of rotatable bonds is 3. The van der Waals surface area contributed by atoms with Crippen LogP contribution in [0, 0.1) is 20.8 Å². The Hall–Kier alpha value is -2.18. The summed E-state index contributed by atoms with van der Waals surface area (Å²) in [7, 11) is 0. The maximum Gasteiger partial charge on any atom is 0.219 e. The summed E-state index contributed by atoms with van der Waals surface area (Å²) in [6.07, 6.45) is 1.83. The summed E-state index contributed by atoms with van der Waals surface area (Å²) in [6, 6.07) is 8.19. The Morgan fingerprint density at radius 1 is 1.17 bits per heavy atom. The summed E-state index contributed by atoms with van der Waals surface area (Å²) >= 11 is 1.67. The van der Waals surface area contributed by atoms with Crippen molar-refractivity contribution in [2.75, 3.05) is 26.2 Å². The van der Waals surface area contributed by atoms with Crippen LogP contribution in [0.2, 0.25) is 0 Å². The first-order chi connectivity index (χ1) is 14.2. The van der Waals surface area contributed by atoms with Crippen molar-refractivity contribution >= 4 is 23.0 Å². The number of nitrogens with zero attached hydrogens (tertiary/aromatic N) is 2. The van der Waals surface area contributed by atoms with E-state index < -0.39 is 5.60 Å². The van der Waals surface area contributed by atoms with Gasteiger partial charge >= 0.3 is 0 Å². The molecule has 1 atom stereocenters. The van der Waals surface area contributed by atoms with Crippen LogP contribution >= 0.6 is 11.3 Å². The Kier molecular flexibility index (Phi) is 5.73. The number of hydrogen-bond donors (Lipinski definition) is 0. The van der Waals surface area contributed by atoms with Crippen LogP contribution in [0.25, 0.3) is 0 Å². The van der Waals surface area contributed by atoms with Gasteiger partial charge < -0.3 is 9.64 Å². The van der Waals surface area contributed by atoms with Crippen molar-refractivity contribution < 1.29 is 14.3 Å². The maximum absolute atomic E-state index is 13.0. The number of piperidine rings is 1. The number of ketones is 1. The molecular formula is C24H30N2O3S. The van der Waals surface area contributed by atoms with Crippen molar-refractivity contribution in [1.82, 2.24) is 9.80 Å². The Bertz CT molecular complexity index is 983. The lowest BCUT2D eigenvalue weighted by atomic mass is 9.91. The van der Waals surface area contributed by atoms with Crippen LogP contribution in [0.1, 0.15) is 51.0 Å². The molecule has 0 bridgehead atoms. The Labute approximate surface area is 182 Å². The SMILES string of the molecule is CC(=O)N1Cc2cc(C)ccc2O[C@]2(CCCN(CC(=O)c3cc(C)sc3C)C2)C1. The highest BCUT2D eigenvalue weighted by Gasteiger charge is 2.42. The molecule has 1 amide bonds. The van der Waals surface area contributed by atoms with Gasteiger partial charge in [-0.05, 0) is 52.3 Å². The van der Waals surface area contributed by atoms with E-state index >= 15 is 0 Å². The van der Waals surface area contributed by atoms with Crippen molar-refractivity contribution in [2.45, 2.75) is 52.7 Å². The van der Waals surface area contributed by atoms with E-state index in [9.17, 15) is 9.59 Å². The van der Waals surface area contributed by atoms with E-state index in [4.69, 9.17) is 4.74 Å². The molecule has 1 fully saturated rings. The number of benzene rings is 1. The predicted molar refractivity (Wildman–Crippen MR) is 119 cm³/mol. The summed E-state index contributed by atoms with van der Waals surface area (Å²) in [5.41, 5.74) is 2.57. The molecule has 0 saturated carbocycles. The van der Waals surface area contributed by atoms with Gasteiger partial charge in [-0.3, -0.25) is 14.5 Å². The molecule has 2 aliphatic heterocycles. The highest BCUT2D eigenvalue weighted by atomic mass is 32.1. The van der Waals surface area contributed by atoms with Crippen molar-refractivity contribution in [1.29, 1.82) is 0 Å². The summed E-state index contributed by atoms with van der Waals surface area (Å²) in [5, 5.41) is 0. The fourth-order valence-electron chi connectivity index (χ4n) is 4.76. The maximum atomic E-state index is 13.0. The van der Waals surface area contributed by atoms with E-state index in [1.165, 1.54) is 4.88 Å². The summed E-state index contributed by atoms with van der Waals surface area (Å²) in [4.78, 5) is 31.7. The largest absolute Gasteiger partial charge is 0.484 e. The van der Waals surface area contributed by atoms with Gasteiger partial charge in [0.2, 0.25) is 5.91 Å². The van der Waals surface area contributed by atoms with E-state index in [1.807, 2.05) is 30.9 Å². The van der Waals surface area contributed by atoms with Crippen LogP contribution in [0.3, 0.4) is 0 Å². The molecule has 3 heterocycles. The standard InChI is InChI=1S/C24H30N2O3S/c1-16-6-7-23-20(10-16)12-26(19(4)27)15-24(29-23)8-5-9-25(14-24)13-22(28)21-11-17(2)30-18(21)3/h6-7,10-11H,5,8-9,12-15H2,1-4H3/t24-/m0/s1. The molecule has 0 aliphatic carbocycles. The second-order valence-corrected chi connectivity index (χ2v) is 10.3. The molecule has 1 aromatic heterocycles. The second kappa shape index (κ2) is 8.16. The molecule has 1 aromatic carbocycles. The Balaban J connectivity index is 1.57. The molecule has 5 nitrogen and oxygen atoms in total. The number of fused-ring (bicyclic) bond motifs is 1. The molecule has 0 N–H and O–H groups in total. The van der Waals surface area contributed by atoms with Gasteiger partial charge in [-0.1, -0.05) is 17.7 Å².